The molecule has 5 rings (SSSR count). The van der Waals surface area contributed by atoms with Crippen molar-refractivity contribution in [2.24, 2.45) is 23.2 Å². The monoisotopic (exact) mass is 267 g/mol. The Morgan fingerprint density at radius 1 is 1.20 bits per heavy atom. The topological polar surface area (TPSA) is 48.7 Å². The van der Waals surface area contributed by atoms with Gasteiger partial charge in [0, 0.05) is 12.7 Å². The van der Waals surface area contributed by atoms with Crippen molar-refractivity contribution in [1.82, 2.24) is 4.98 Å². The maximum atomic E-state index is 8.95. The van der Waals surface area contributed by atoms with Crippen LogP contribution in [-0.4, -0.2) is 11.5 Å². The lowest BCUT2D eigenvalue weighted by molar-refractivity contribution is -0.0444. The first-order valence-corrected chi connectivity index (χ1v) is 7.85. The third-order valence-electron chi connectivity index (χ3n) is 5.70. The molecule has 0 saturated heterocycles. The molecule has 0 spiro atoms. The number of nitrogens with one attached hydrogen (secondary N) is 1. The Bertz CT molecular complexity index is 522. The molecule has 0 unspecified atom stereocenters. The summed E-state index contributed by atoms with van der Waals surface area (Å²) in [5.41, 5.74) is 1.20. The Hall–Kier alpha value is -1.56. The second kappa shape index (κ2) is 4.48. The van der Waals surface area contributed by atoms with Crippen molar-refractivity contribution in [1.29, 1.82) is 5.26 Å². The third-order valence-corrected chi connectivity index (χ3v) is 5.70. The molecule has 3 heteroatoms. The SMILES string of the molecule is N#Cc1ccnc(NCC23CC4CC(CC(C4)C2)C3)c1. The minimum Gasteiger partial charge on any atom is -0.369 e. The van der Waals surface area contributed by atoms with Crippen LogP contribution < -0.4 is 5.32 Å². The summed E-state index contributed by atoms with van der Waals surface area (Å²) in [6.45, 7) is 1.04. The largest absolute Gasteiger partial charge is 0.369 e. The van der Waals surface area contributed by atoms with Crippen LogP contribution in [0.25, 0.3) is 0 Å². The fourth-order valence-electron chi connectivity index (χ4n) is 5.38. The van der Waals surface area contributed by atoms with Gasteiger partial charge in [-0.05, 0) is 73.8 Å². The molecule has 0 amide bonds. The van der Waals surface area contributed by atoms with E-state index in [0.29, 0.717) is 11.0 Å². The number of anilines is 1. The first kappa shape index (κ1) is 12.2. The molecule has 1 N–H and O–H groups in total. The van der Waals surface area contributed by atoms with E-state index < -0.39 is 0 Å². The summed E-state index contributed by atoms with van der Waals surface area (Å²) in [7, 11) is 0. The summed E-state index contributed by atoms with van der Waals surface area (Å²) >= 11 is 0. The first-order chi connectivity index (χ1) is 9.75. The first-order valence-electron chi connectivity index (χ1n) is 7.85. The van der Waals surface area contributed by atoms with Crippen molar-refractivity contribution in [2.45, 2.75) is 38.5 Å². The lowest BCUT2D eigenvalue weighted by atomic mass is 9.49. The lowest BCUT2D eigenvalue weighted by Crippen LogP contribution is -2.49. The standard InChI is InChI=1S/C17H21N3/c18-10-12-1-2-19-16(6-12)20-11-17-7-13-3-14(8-17)5-15(4-13)9-17/h1-2,6,13-15H,3-5,7-9,11H2,(H,19,20). The molecule has 1 aromatic heterocycles. The molecule has 4 aliphatic rings. The second-order valence-electron chi connectivity index (χ2n) is 7.31. The summed E-state index contributed by atoms with van der Waals surface area (Å²) < 4.78 is 0. The van der Waals surface area contributed by atoms with E-state index in [0.717, 1.165) is 30.1 Å². The number of nitriles is 1. The van der Waals surface area contributed by atoms with E-state index in [4.69, 9.17) is 5.26 Å². The van der Waals surface area contributed by atoms with Crippen molar-refractivity contribution in [3.05, 3.63) is 23.9 Å². The van der Waals surface area contributed by atoms with Gasteiger partial charge in [-0.3, -0.25) is 0 Å². The highest BCUT2D eigenvalue weighted by Crippen LogP contribution is 2.59. The zero-order valence-corrected chi connectivity index (χ0v) is 11.8. The molecular formula is C17H21N3. The number of nitrogens with zero attached hydrogens (tertiary/aromatic N) is 2. The third kappa shape index (κ3) is 2.08. The minimum atomic E-state index is 0.513. The Kier molecular flexibility index (Phi) is 2.73. The fourth-order valence-corrected chi connectivity index (χ4v) is 5.38. The lowest BCUT2D eigenvalue weighted by Gasteiger charge is -2.57. The van der Waals surface area contributed by atoms with Crippen LogP contribution in [0.15, 0.2) is 18.3 Å². The Balaban J connectivity index is 1.48. The van der Waals surface area contributed by atoms with Gasteiger partial charge in [0.1, 0.15) is 5.82 Å². The minimum absolute atomic E-state index is 0.513. The van der Waals surface area contributed by atoms with Crippen LogP contribution in [0.1, 0.15) is 44.1 Å². The quantitative estimate of drug-likeness (QED) is 0.910. The zero-order chi connectivity index (χ0) is 13.6. The van der Waals surface area contributed by atoms with Gasteiger partial charge < -0.3 is 5.32 Å². The Morgan fingerprint density at radius 3 is 2.45 bits per heavy atom. The summed E-state index contributed by atoms with van der Waals surface area (Å²) in [5.74, 6) is 3.82. The molecule has 4 fully saturated rings. The van der Waals surface area contributed by atoms with Gasteiger partial charge in [0.05, 0.1) is 11.6 Å². The Labute approximate surface area is 120 Å². The van der Waals surface area contributed by atoms with E-state index in [2.05, 4.69) is 16.4 Å². The highest BCUT2D eigenvalue weighted by molar-refractivity contribution is 5.42. The van der Waals surface area contributed by atoms with Crippen LogP contribution in [0.2, 0.25) is 0 Å². The highest BCUT2D eigenvalue weighted by Gasteiger charge is 2.50. The molecule has 4 aliphatic carbocycles. The fraction of sp³-hybridized carbons (Fsp3) is 0.647. The smallest absolute Gasteiger partial charge is 0.127 e. The average molecular weight is 267 g/mol. The number of rotatable bonds is 3. The molecule has 4 bridgehead atoms. The van der Waals surface area contributed by atoms with Crippen LogP contribution in [-0.2, 0) is 0 Å². The second-order valence-corrected chi connectivity index (χ2v) is 7.31. The summed E-state index contributed by atoms with van der Waals surface area (Å²) in [5, 5.41) is 12.5. The highest BCUT2D eigenvalue weighted by atomic mass is 15.0. The predicted molar refractivity (Wildman–Crippen MR) is 78.0 cm³/mol. The summed E-state index contributed by atoms with van der Waals surface area (Å²) in [4.78, 5) is 4.34. The molecule has 1 aromatic rings. The normalized spacial score (nSPS) is 37.6. The Morgan fingerprint density at radius 2 is 1.85 bits per heavy atom. The van der Waals surface area contributed by atoms with Gasteiger partial charge in [0.15, 0.2) is 0 Å². The van der Waals surface area contributed by atoms with Gasteiger partial charge in [-0.25, -0.2) is 4.98 Å². The van der Waals surface area contributed by atoms with Crippen molar-refractivity contribution >= 4 is 5.82 Å². The number of pyridine rings is 1. The van der Waals surface area contributed by atoms with Gasteiger partial charge in [-0.1, -0.05) is 0 Å². The van der Waals surface area contributed by atoms with Gasteiger partial charge >= 0.3 is 0 Å². The molecule has 0 radical (unpaired) electrons. The van der Waals surface area contributed by atoms with E-state index in [1.54, 1.807) is 12.3 Å². The van der Waals surface area contributed by atoms with Gasteiger partial charge in [0.2, 0.25) is 0 Å². The molecule has 1 heterocycles. The van der Waals surface area contributed by atoms with E-state index in [-0.39, 0.29) is 0 Å². The van der Waals surface area contributed by atoms with E-state index in [1.165, 1.54) is 38.5 Å². The van der Waals surface area contributed by atoms with E-state index in [1.807, 2.05) is 6.07 Å². The summed E-state index contributed by atoms with van der Waals surface area (Å²) in [6.07, 6.45) is 10.4. The molecule has 0 atom stereocenters. The van der Waals surface area contributed by atoms with Crippen LogP contribution in [0.5, 0.6) is 0 Å². The number of hydrogen-bond acceptors (Lipinski definition) is 3. The van der Waals surface area contributed by atoms with Crippen LogP contribution in [0, 0.1) is 34.5 Å². The van der Waals surface area contributed by atoms with Gasteiger partial charge in [-0.2, -0.15) is 5.26 Å². The molecule has 3 nitrogen and oxygen atoms in total. The van der Waals surface area contributed by atoms with Crippen molar-refractivity contribution in [3.8, 4) is 6.07 Å². The molecular weight excluding hydrogens is 246 g/mol. The average Bonchev–Trinajstić information content (AvgIpc) is 2.44. The summed E-state index contributed by atoms with van der Waals surface area (Å²) in [6, 6.07) is 5.80. The van der Waals surface area contributed by atoms with Gasteiger partial charge in [-0.15, -0.1) is 0 Å². The van der Waals surface area contributed by atoms with E-state index in [9.17, 15) is 0 Å². The van der Waals surface area contributed by atoms with Crippen molar-refractivity contribution in [2.75, 3.05) is 11.9 Å². The predicted octanol–water partition coefficient (Wildman–Crippen LogP) is 3.58. The zero-order valence-electron chi connectivity index (χ0n) is 11.8. The maximum Gasteiger partial charge on any atom is 0.127 e. The maximum absolute atomic E-state index is 8.95. The van der Waals surface area contributed by atoms with Crippen molar-refractivity contribution < 1.29 is 0 Å². The molecule has 20 heavy (non-hydrogen) atoms. The van der Waals surface area contributed by atoms with Gasteiger partial charge in [0.25, 0.3) is 0 Å². The molecule has 0 aliphatic heterocycles. The van der Waals surface area contributed by atoms with Crippen LogP contribution in [0.3, 0.4) is 0 Å². The van der Waals surface area contributed by atoms with Crippen LogP contribution >= 0.6 is 0 Å². The van der Waals surface area contributed by atoms with Crippen molar-refractivity contribution in [3.63, 3.8) is 0 Å². The molecule has 104 valence electrons. The van der Waals surface area contributed by atoms with Crippen LogP contribution in [0.4, 0.5) is 5.82 Å². The number of hydrogen-bond donors (Lipinski definition) is 1. The number of aromatic nitrogens is 1. The molecule has 0 aromatic carbocycles. The van der Waals surface area contributed by atoms with E-state index >= 15 is 0 Å². The molecule has 4 saturated carbocycles.